The van der Waals surface area contributed by atoms with E-state index in [1.165, 1.54) is 0 Å². The monoisotopic (exact) mass is 411 g/mol. The SMILES string of the molecule is O=S(=O)(F)OC(F)(F)C(F)(Cl)N1OC(F)(OC(F)(F)F)C1(F)F. The fourth-order valence-electron chi connectivity index (χ4n) is 1.07. The molecule has 0 bridgehead atoms. The molecule has 0 saturated carbocycles. The lowest BCUT2D eigenvalue weighted by molar-refractivity contribution is -0.672. The fraction of sp³-hybridized carbons (Fsp3) is 1.00. The van der Waals surface area contributed by atoms with Gasteiger partial charge in [-0.2, -0.15) is 38.9 Å². The zero-order chi connectivity index (χ0) is 18.7. The van der Waals surface area contributed by atoms with Crippen molar-refractivity contribution in [1.82, 2.24) is 5.06 Å². The summed E-state index contributed by atoms with van der Waals surface area (Å²) >= 11 is 4.16. The number of hydroxylamine groups is 2. The number of hydrogen-bond donors (Lipinski definition) is 0. The Labute approximate surface area is 123 Å². The summed E-state index contributed by atoms with van der Waals surface area (Å²) in [6.45, 7) is 0. The highest BCUT2D eigenvalue weighted by Gasteiger charge is 2.85. The highest BCUT2D eigenvalue weighted by Crippen LogP contribution is 2.58. The molecule has 2 unspecified atom stereocenters. The Kier molecular flexibility index (Phi) is 4.61. The predicted molar refractivity (Wildman–Crippen MR) is 44.6 cm³/mol. The second-order valence-corrected chi connectivity index (χ2v) is 5.00. The van der Waals surface area contributed by atoms with E-state index in [1.807, 2.05) is 0 Å². The zero-order valence-corrected chi connectivity index (χ0v) is 11.1. The first-order chi connectivity index (χ1) is 9.75. The molecule has 1 heterocycles. The molecule has 0 amide bonds. The summed E-state index contributed by atoms with van der Waals surface area (Å²) in [5.74, 6) is 0. The van der Waals surface area contributed by atoms with Crippen molar-refractivity contribution in [3.8, 4) is 0 Å². The molecule has 1 aliphatic rings. The minimum absolute atomic E-state index is 2.13. The van der Waals surface area contributed by atoms with Crippen LogP contribution in [0.25, 0.3) is 0 Å². The molecule has 0 radical (unpaired) electrons. The maximum absolute atomic E-state index is 13.4. The Morgan fingerprint density at radius 3 is 1.78 bits per heavy atom. The predicted octanol–water partition coefficient (Wildman–Crippen LogP) is 2.67. The smallest absolute Gasteiger partial charge is 0.222 e. The number of halogens is 11. The molecule has 0 spiro atoms. The summed E-state index contributed by atoms with van der Waals surface area (Å²) in [5.41, 5.74) is 0. The molecule has 0 aromatic carbocycles. The molecule has 1 aliphatic heterocycles. The molecule has 1 fully saturated rings. The van der Waals surface area contributed by atoms with Crippen LogP contribution >= 0.6 is 11.6 Å². The van der Waals surface area contributed by atoms with Crippen LogP contribution in [0, 0.1) is 0 Å². The van der Waals surface area contributed by atoms with Crippen molar-refractivity contribution in [1.29, 1.82) is 0 Å². The molecular formula is C5ClF10NO5S. The van der Waals surface area contributed by atoms with E-state index >= 15 is 0 Å². The quantitative estimate of drug-likeness (QED) is 0.300. The summed E-state index contributed by atoms with van der Waals surface area (Å²) < 4.78 is 149. The molecule has 0 aromatic rings. The zero-order valence-electron chi connectivity index (χ0n) is 9.55. The van der Waals surface area contributed by atoms with E-state index in [9.17, 15) is 51.8 Å². The third-order valence-electron chi connectivity index (χ3n) is 1.88. The molecule has 23 heavy (non-hydrogen) atoms. The topological polar surface area (TPSA) is 65.1 Å². The molecule has 6 nitrogen and oxygen atoms in total. The van der Waals surface area contributed by atoms with Crippen molar-refractivity contribution in [3.05, 3.63) is 0 Å². The van der Waals surface area contributed by atoms with Crippen LogP contribution in [0.2, 0.25) is 0 Å². The van der Waals surface area contributed by atoms with Gasteiger partial charge < -0.3 is 0 Å². The minimum atomic E-state index is -6.68. The van der Waals surface area contributed by atoms with Crippen LogP contribution in [-0.2, 0) is 24.3 Å². The van der Waals surface area contributed by atoms with E-state index in [0.29, 0.717) is 0 Å². The van der Waals surface area contributed by atoms with Crippen molar-refractivity contribution in [3.63, 3.8) is 0 Å². The molecule has 0 aromatic heterocycles. The third kappa shape index (κ3) is 3.73. The van der Waals surface area contributed by atoms with Crippen LogP contribution in [0.5, 0.6) is 0 Å². The number of rotatable bonds is 5. The molecule has 0 aliphatic carbocycles. The van der Waals surface area contributed by atoms with Crippen LogP contribution in [0.1, 0.15) is 0 Å². The van der Waals surface area contributed by atoms with Gasteiger partial charge in [-0.1, -0.05) is 20.5 Å². The van der Waals surface area contributed by atoms with E-state index in [4.69, 9.17) is 0 Å². The normalized spacial score (nSPS) is 29.0. The van der Waals surface area contributed by atoms with Crippen LogP contribution in [0.4, 0.5) is 43.4 Å². The number of hydrogen-bond acceptors (Lipinski definition) is 6. The van der Waals surface area contributed by atoms with Gasteiger partial charge in [0.05, 0.1) is 0 Å². The van der Waals surface area contributed by atoms with Gasteiger partial charge in [-0.25, -0.2) is 9.57 Å². The molecule has 18 heteroatoms. The largest absolute Gasteiger partial charge is 0.527 e. The van der Waals surface area contributed by atoms with Crippen LogP contribution < -0.4 is 0 Å². The maximum atomic E-state index is 13.4. The van der Waals surface area contributed by atoms with Crippen LogP contribution in [0.15, 0.2) is 0 Å². The van der Waals surface area contributed by atoms with Crippen molar-refractivity contribution in [2.24, 2.45) is 0 Å². The lowest BCUT2D eigenvalue weighted by Gasteiger charge is -2.51. The summed E-state index contributed by atoms with van der Waals surface area (Å²) in [7, 11) is -6.68. The summed E-state index contributed by atoms with van der Waals surface area (Å²) in [5, 5.41) is -7.92. The van der Waals surface area contributed by atoms with E-state index in [1.54, 1.807) is 0 Å². The number of alkyl halides is 10. The van der Waals surface area contributed by atoms with E-state index in [0.717, 1.165) is 0 Å². The summed E-state index contributed by atoms with van der Waals surface area (Å²) in [6, 6.07) is -11.5. The Bertz CT molecular complexity index is 579. The molecule has 0 N–H and O–H groups in total. The lowest BCUT2D eigenvalue weighted by Crippen LogP contribution is -2.79. The average molecular weight is 412 g/mol. The van der Waals surface area contributed by atoms with E-state index < -0.39 is 45.4 Å². The molecule has 138 valence electrons. The number of nitrogens with zero attached hydrogens (tertiary/aromatic N) is 1. The standard InChI is InChI=1S/C5ClF10NO5S/c6-1(7,3(10,11)22-23(16,18)19)17-2(8,9)4(12,21-17)20-5(13,14)15. The van der Waals surface area contributed by atoms with Gasteiger partial charge in [-0.05, 0) is 0 Å². The highest BCUT2D eigenvalue weighted by atomic mass is 35.5. The Balaban J connectivity index is 3.09. The van der Waals surface area contributed by atoms with Gasteiger partial charge in [-0.15, -0.1) is 13.2 Å². The molecular weight excluding hydrogens is 412 g/mol. The van der Waals surface area contributed by atoms with Gasteiger partial charge >= 0.3 is 40.3 Å². The Morgan fingerprint density at radius 2 is 1.48 bits per heavy atom. The van der Waals surface area contributed by atoms with E-state index in [-0.39, 0.29) is 0 Å². The number of ether oxygens (including phenoxy) is 1. The van der Waals surface area contributed by atoms with Gasteiger partial charge in [0.1, 0.15) is 0 Å². The first kappa shape index (κ1) is 20.4. The van der Waals surface area contributed by atoms with Gasteiger partial charge in [-0.3, -0.25) is 0 Å². The first-order valence-corrected chi connectivity index (χ1v) is 6.18. The average Bonchev–Trinajstić information content (AvgIpc) is 2.19. The first-order valence-electron chi connectivity index (χ1n) is 4.49. The molecule has 1 saturated heterocycles. The van der Waals surface area contributed by atoms with Crippen molar-refractivity contribution >= 4 is 22.1 Å². The Hall–Kier alpha value is -0.620. The maximum Gasteiger partial charge on any atom is 0.527 e. The Morgan fingerprint density at radius 1 is 1.04 bits per heavy atom. The minimum Gasteiger partial charge on any atom is -0.222 e. The van der Waals surface area contributed by atoms with Gasteiger partial charge in [0.2, 0.25) is 0 Å². The summed E-state index contributed by atoms with van der Waals surface area (Å²) in [6.07, 6.45) is -12.3. The second kappa shape index (κ2) is 5.19. The van der Waals surface area contributed by atoms with Crippen molar-refractivity contribution in [2.75, 3.05) is 0 Å². The van der Waals surface area contributed by atoms with Crippen molar-refractivity contribution < 1.29 is 65.6 Å². The van der Waals surface area contributed by atoms with Crippen molar-refractivity contribution in [2.45, 2.75) is 29.8 Å². The third-order valence-corrected chi connectivity index (χ3v) is 2.66. The highest BCUT2D eigenvalue weighted by molar-refractivity contribution is 7.81. The van der Waals surface area contributed by atoms with Gasteiger partial charge in [0.15, 0.2) is 0 Å². The fourth-order valence-corrected chi connectivity index (χ4v) is 1.65. The molecule has 1 rings (SSSR count). The van der Waals surface area contributed by atoms with Crippen LogP contribution in [0.3, 0.4) is 0 Å². The lowest BCUT2D eigenvalue weighted by atomic mass is 10.3. The van der Waals surface area contributed by atoms with Gasteiger partial charge in [0.25, 0.3) is 0 Å². The molecule has 2 atom stereocenters. The van der Waals surface area contributed by atoms with Crippen LogP contribution in [-0.4, -0.2) is 43.3 Å². The van der Waals surface area contributed by atoms with Gasteiger partial charge in [0, 0.05) is 0 Å². The van der Waals surface area contributed by atoms with E-state index in [2.05, 4.69) is 25.4 Å². The summed E-state index contributed by atoms with van der Waals surface area (Å²) in [4.78, 5) is 2.77. The second-order valence-electron chi connectivity index (χ2n) is 3.55.